The zero-order valence-corrected chi connectivity index (χ0v) is 7.43. The summed E-state index contributed by atoms with van der Waals surface area (Å²) in [6, 6.07) is 0.110. The highest BCUT2D eigenvalue weighted by molar-refractivity contribution is 5.81. The molecule has 1 aliphatic carbocycles. The van der Waals surface area contributed by atoms with Gasteiger partial charge in [-0.05, 0) is 12.8 Å². The molecule has 12 heavy (non-hydrogen) atoms. The Labute approximate surface area is 72.5 Å². The minimum atomic E-state index is 0.0506. The highest BCUT2D eigenvalue weighted by atomic mass is 16.1. The molecule has 0 radical (unpaired) electrons. The first-order chi connectivity index (χ1) is 5.72. The van der Waals surface area contributed by atoms with Crippen LogP contribution in [0.5, 0.6) is 0 Å². The summed E-state index contributed by atoms with van der Waals surface area (Å²) in [5, 5.41) is 2.84. The van der Waals surface area contributed by atoms with E-state index in [0.717, 1.165) is 12.8 Å². The lowest BCUT2D eigenvalue weighted by molar-refractivity contribution is -0.123. The average molecular weight is 169 g/mol. The standard InChI is InChI=1S/C9H15NO2/c1-2-9(12)10-7-4-3-5-8(11)6-7/h7H,2-6H2,1H3,(H,10,12). The predicted molar refractivity (Wildman–Crippen MR) is 45.7 cm³/mol. The Bertz CT molecular complexity index is 189. The van der Waals surface area contributed by atoms with E-state index in [1.54, 1.807) is 0 Å². The Kier molecular flexibility index (Phi) is 3.26. The van der Waals surface area contributed by atoms with Gasteiger partial charge in [-0.15, -0.1) is 0 Å². The monoisotopic (exact) mass is 169 g/mol. The maximum atomic E-state index is 11.0. The van der Waals surface area contributed by atoms with Crippen molar-refractivity contribution in [3.05, 3.63) is 0 Å². The molecule has 0 aromatic heterocycles. The molecule has 1 saturated carbocycles. The van der Waals surface area contributed by atoms with Crippen LogP contribution in [0.2, 0.25) is 0 Å². The summed E-state index contributed by atoms with van der Waals surface area (Å²) in [6.07, 6.45) is 3.61. The van der Waals surface area contributed by atoms with Gasteiger partial charge in [0.15, 0.2) is 0 Å². The number of Topliss-reactive ketones (excluding diaryl/α,β-unsaturated/α-hetero) is 1. The molecule has 1 rings (SSSR count). The van der Waals surface area contributed by atoms with Gasteiger partial charge in [-0.25, -0.2) is 0 Å². The molecule has 0 aliphatic heterocycles. The summed E-state index contributed by atoms with van der Waals surface area (Å²) in [5.74, 6) is 0.331. The average Bonchev–Trinajstić information content (AvgIpc) is 2.04. The molecule has 1 amide bonds. The van der Waals surface area contributed by atoms with E-state index in [4.69, 9.17) is 0 Å². The second-order valence-electron chi connectivity index (χ2n) is 3.25. The number of hydrogen-bond acceptors (Lipinski definition) is 2. The molecule has 0 heterocycles. The van der Waals surface area contributed by atoms with Crippen molar-refractivity contribution in [3.8, 4) is 0 Å². The summed E-state index contributed by atoms with van der Waals surface area (Å²) in [5.41, 5.74) is 0. The number of rotatable bonds is 2. The molecule has 1 aliphatic rings. The SMILES string of the molecule is CCC(=O)NC1CCCC(=O)C1. The van der Waals surface area contributed by atoms with E-state index in [0.29, 0.717) is 19.3 Å². The molecule has 68 valence electrons. The van der Waals surface area contributed by atoms with Crippen LogP contribution in [0.1, 0.15) is 39.0 Å². The first-order valence-electron chi connectivity index (χ1n) is 4.53. The molecule has 1 unspecified atom stereocenters. The van der Waals surface area contributed by atoms with Gasteiger partial charge in [0.2, 0.25) is 5.91 Å². The van der Waals surface area contributed by atoms with Crippen LogP contribution < -0.4 is 5.32 Å². The fourth-order valence-electron chi connectivity index (χ4n) is 1.48. The first-order valence-corrected chi connectivity index (χ1v) is 4.53. The molecule has 1 atom stereocenters. The van der Waals surface area contributed by atoms with Crippen molar-refractivity contribution < 1.29 is 9.59 Å². The third kappa shape index (κ3) is 2.64. The van der Waals surface area contributed by atoms with Crippen molar-refractivity contribution in [1.82, 2.24) is 5.32 Å². The second-order valence-corrected chi connectivity index (χ2v) is 3.25. The van der Waals surface area contributed by atoms with Gasteiger partial charge in [-0.2, -0.15) is 0 Å². The van der Waals surface area contributed by atoms with Gasteiger partial charge in [0.25, 0.3) is 0 Å². The van der Waals surface area contributed by atoms with Gasteiger partial charge in [0, 0.05) is 25.3 Å². The Morgan fingerprint density at radius 2 is 2.42 bits per heavy atom. The Morgan fingerprint density at radius 1 is 1.67 bits per heavy atom. The zero-order chi connectivity index (χ0) is 8.97. The molecule has 3 heteroatoms. The molecule has 0 saturated heterocycles. The number of carbonyl (C=O) groups excluding carboxylic acids is 2. The Hall–Kier alpha value is -0.860. The highest BCUT2D eigenvalue weighted by Gasteiger charge is 2.19. The van der Waals surface area contributed by atoms with Gasteiger partial charge in [0.1, 0.15) is 5.78 Å². The van der Waals surface area contributed by atoms with E-state index in [9.17, 15) is 9.59 Å². The van der Waals surface area contributed by atoms with Crippen LogP contribution >= 0.6 is 0 Å². The molecular formula is C9H15NO2. The lowest BCUT2D eigenvalue weighted by atomic mass is 9.94. The van der Waals surface area contributed by atoms with Gasteiger partial charge < -0.3 is 5.32 Å². The second kappa shape index (κ2) is 4.24. The van der Waals surface area contributed by atoms with Crippen molar-refractivity contribution in [2.75, 3.05) is 0 Å². The number of nitrogens with one attached hydrogen (secondary N) is 1. The van der Waals surface area contributed by atoms with Crippen molar-refractivity contribution in [2.45, 2.75) is 45.1 Å². The molecule has 1 N–H and O–H groups in total. The van der Waals surface area contributed by atoms with Crippen LogP contribution in [0.3, 0.4) is 0 Å². The molecular weight excluding hydrogens is 154 g/mol. The van der Waals surface area contributed by atoms with Crippen molar-refractivity contribution >= 4 is 11.7 Å². The lowest BCUT2D eigenvalue weighted by Crippen LogP contribution is -2.38. The van der Waals surface area contributed by atoms with E-state index in [1.807, 2.05) is 6.92 Å². The summed E-state index contributed by atoms with van der Waals surface area (Å²) >= 11 is 0. The third-order valence-corrected chi connectivity index (χ3v) is 2.17. The maximum Gasteiger partial charge on any atom is 0.219 e. The maximum absolute atomic E-state index is 11.0. The van der Waals surface area contributed by atoms with Crippen molar-refractivity contribution in [1.29, 1.82) is 0 Å². The molecule has 3 nitrogen and oxygen atoms in total. The topological polar surface area (TPSA) is 46.2 Å². The van der Waals surface area contributed by atoms with Gasteiger partial charge in [0.05, 0.1) is 0 Å². The molecule has 0 spiro atoms. The summed E-state index contributed by atoms with van der Waals surface area (Å²) in [7, 11) is 0. The first kappa shape index (κ1) is 9.23. The normalized spacial score (nSPS) is 23.8. The summed E-state index contributed by atoms with van der Waals surface area (Å²) in [6.45, 7) is 1.82. The molecule has 0 bridgehead atoms. The summed E-state index contributed by atoms with van der Waals surface area (Å²) < 4.78 is 0. The van der Waals surface area contributed by atoms with Gasteiger partial charge in [-0.1, -0.05) is 6.92 Å². The van der Waals surface area contributed by atoms with Crippen molar-refractivity contribution in [2.24, 2.45) is 0 Å². The quantitative estimate of drug-likeness (QED) is 0.671. The van der Waals surface area contributed by atoms with Crippen LogP contribution in [0.15, 0.2) is 0 Å². The predicted octanol–water partition coefficient (Wildman–Crippen LogP) is 1.02. The van der Waals surface area contributed by atoms with E-state index >= 15 is 0 Å². The molecule has 1 fully saturated rings. The fourth-order valence-corrected chi connectivity index (χ4v) is 1.48. The third-order valence-electron chi connectivity index (χ3n) is 2.17. The van der Waals surface area contributed by atoms with Crippen LogP contribution in [0, 0.1) is 0 Å². The van der Waals surface area contributed by atoms with Gasteiger partial charge >= 0.3 is 0 Å². The highest BCUT2D eigenvalue weighted by Crippen LogP contribution is 2.14. The van der Waals surface area contributed by atoms with E-state index < -0.39 is 0 Å². The van der Waals surface area contributed by atoms with E-state index in [-0.39, 0.29) is 17.7 Å². The largest absolute Gasteiger partial charge is 0.353 e. The van der Waals surface area contributed by atoms with Gasteiger partial charge in [-0.3, -0.25) is 9.59 Å². The van der Waals surface area contributed by atoms with Crippen LogP contribution in [0.25, 0.3) is 0 Å². The zero-order valence-electron chi connectivity index (χ0n) is 7.43. The van der Waals surface area contributed by atoms with E-state index in [1.165, 1.54) is 0 Å². The van der Waals surface area contributed by atoms with Crippen LogP contribution in [0.4, 0.5) is 0 Å². The number of ketones is 1. The lowest BCUT2D eigenvalue weighted by Gasteiger charge is -2.21. The number of carbonyl (C=O) groups is 2. The smallest absolute Gasteiger partial charge is 0.219 e. The molecule has 0 aromatic rings. The number of amides is 1. The minimum Gasteiger partial charge on any atom is -0.353 e. The summed E-state index contributed by atoms with van der Waals surface area (Å²) in [4.78, 5) is 22.0. The Morgan fingerprint density at radius 3 is 3.00 bits per heavy atom. The fraction of sp³-hybridized carbons (Fsp3) is 0.778. The van der Waals surface area contributed by atoms with E-state index in [2.05, 4.69) is 5.32 Å². The van der Waals surface area contributed by atoms with Crippen molar-refractivity contribution in [3.63, 3.8) is 0 Å². The number of hydrogen-bond donors (Lipinski definition) is 1. The Balaban J connectivity index is 2.32. The minimum absolute atomic E-state index is 0.0506. The molecule has 0 aromatic carbocycles. The van der Waals surface area contributed by atoms with Crippen LogP contribution in [-0.4, -0.2) is 17.7 Å². The van der Waals surface area contributed by atoms with Crippen LogP contribution in [-0.2, 0) is 9.59 Å².